The number of thioether (sulfide) groups is 1. The number of benzene rings is 2. The quantitative estimate of drug-likeness (QED) is 0.560. The molecule has 4 nitrogen and oxygen atoms in total. The molecular formula is C23H28ClFN2O2S. The molecule has 30 heavy (non-hydrogen) atoms. The summed E-state index contributed by atoms with van der Waals surface area (Å²) in [6.45, 7) is 6.23. The number of carbonyl (C=O) groups excluding carboxylic acids is 2. The largest absolute Gasteiger partial charge is 0.354 e. The number of carbonyl (C=O) groups is 2. The third-order valence-corrected chi connectivity index (χ3v) is 5.93. The lowest BCUT2D eigenvalue weighted by atomic mass is 10.1. The molecular weight excluding hydrogens is 423 g/mol. The minimum absolute atomic E-state index is 0.0361. The second kappa shape index (κ2) is 12.0. The van der Waals surface area contributed by atoms with Crippen LogP contribution in [0, 0.1) is 11.7 Å². The molecule has 0 aliphatic carbocycles. The first-order valence-corrected chi connectivity index (χ1v) is 11.4. The Bertz CT molecular complexity index is 863. The van der Waals surface area contributed by atoms with E-state index in [1.165, 1.54) is 22.7 Å². The van der Waals surface area contributed by atoms with Crippen molar-refractivity contribution in [2.75, 3.05) is 12.3 Å². The zero-order chi connectivity index (χ0) is 22.1. The van der Waals surface area contributed by atoms with E-state index in [0.717, 1.165) is 5.56 Å². The topological polar surface area (TPSA) is 49.4 Å². The minimum atomic E-state index is -0.711. The van der Waals surface area contributed by atoms with Gasteiger partial charge in [-0.25, -0.2) is 4.39 Å². The van der Waals surface area contributed by atoms with E-state index in [9.17, 15) is 14.0 Å². The van der Waals surface area contributed by atoms with Crippen molar-refractivity contribution >= 4 is 35.2 Å². The van der Waals surface area contributed by atoms with Crippen LogP contribution in [-0.4, -0.2) is 35.1 Å². The van der Waals surface area contributed by atoms with E-state index in [1.54, 1.807) is 25.1 Å². The average molecular weight is 451 g/mol. The van der Waals surface area contributed by atoms with Crippen molar-refractivity contribution in [3.8, 4) is 0 Å². The Balaban J connectivity index is 2.08. The maximum Gasteiger partial charge on any atom is 0.242 e. The lowest BCUT2D eigenvalue weighted by Crippen LogP contribution is -2.48. The van der Waals surface area contributed by atoms with Gasteiger partial charge in [0.2, 0.25) is 11.8 Å². The molecule has 0 heterocycles. The van der Waals surface area contributed by atoms with Crippen molar-refractivity contribution in [3.05, 3.63) is 70.5 Å². The van der Waals surface area contributed by atoms with Crippen LogP contribution >= 0.6 is 23.4 Å². The van der Waals surface area contributed by atoms with E-state index in [-0.39, 0.29) is 24.1 Å². The van der Waals surface area contributed by atoms with Crippen LogP contribution in [0.2, 0.25) is 5.02 Å². The monoisotopic (exact) mass is 450 g/mol. The number of amides is 2. The van der Waals surface area contributed by atoms with Crippen LogP contribution < -0.4 is 5.32 Å². The van der Waals surface area contributed by atoms with E-state index in [4.69, 9.17) is 11.6 Å². The smallest absolute Gasteiger partial charge is 0.242 e. The van der Waals surface area contributed by atoms with Gasteiger partial charge < -0.3 is 10.2 Å². The van der Waals surface area contributed by atoms with Crippen molar-refractivity contribution < 1.29 is 14.0 Å². The summed E-state index contributed by atoms with van der Waals surface area (Å²) in [5.41, 5.74) is 1.32. The first-order chi connectivity index (χ1) is 14.3. The Labute approximate surface area is 187 Å². The van der Waals surface area contributed by atoms with Gasteiger partial charge in [-0.15, -0.1) is 11.8 Å². The molecule has 0 aromatic heterocycles. The van der Waals surface area contributed by atoms with Crippen molar-refractivity contribution in [2.45, 2.75) is 39.1 Å². The van der Waals surface area contributed by atoms with Crippen molar-refractivity contribution in [3.63, 3.8) is 0 Å². The Hall–Kier alpha value is -2.05. The van der Waals surface area contributed by atoms with Crippen LogP contribution in [0.4, 0.5) is 4.39 Å². The van der Waals surface area contributed by atoms with Gasteiger partial charge >= 0.3 is 0 Å². The maximum absolute atomic E-state index is 14.2. The van der Waals surface area contributed by atoms with Gasteiger partial charge in [-0.05, 0) is 30.5 Å². The molecule has 2 aromatic rings. The highest BCUT2D eigenvalue weighted by Crippen LogP contribution is 2.22. The molecule has 1 N–H and O–H groups in total. The molecule has 2 amide bonds. The molecule has 0 fully saturated rings. The molecule has 0 bridgehead atoms. The van der Waals surface area contributed by atoms with Gasteiger partial charge in [-0.1, -0.05) is 61.8 Å². The summed E-state index contributed by atoms with van der Waals surface area (Å²) in [6, 6.07) is 13.1. The van der Waals surface area contributed by atoms with E-state index in [2.05, 4.69) is 5.32 Å². The van der Waals surface area contributed by atoms with E-state index < -0.39 is 11.9 Å². The van der Waals surface area contributed by atoms with Gasteiger partial charge in [0.05, 0.1) is 5.75 Å². The highest BCUT2D eigenvalue weighted by atomic mass is 35.5. The van der Waals surface area contributed by atoms with E-state index >= 15 is 0 Å². The second-order valence-corrected chi connectivity index (χ2v) is 8.91. The fourth-order valence-electron chi connectivity index (χ4n) is 2.79. The number of nitrogens with zero attached hydrogens (tertiary/aromatic N) is 1. The number of halogens is 2. The molecule has 0 aliphatic rings. The number of rotatable bonds is 10. The summed E-state index contributed by atoms with van der Waals surface area (Å²) in [5.74, 6) is 0.179. The Morgan fingerprint density at radius 3 is 2.33 bits per heavy atom. The van der Waals surface area contributed by atoms with E-state index in [0.29, 0.717) is 28.8 Å². The molecule has 162 valence electrons. The third-order valence-electron chi connectivity index (χ3n) is 4.59. The Kier molecular flexibility index (Phi) is 9.66. The van der Waals surface area contributed by atoms with Gasteiger partial charge in [-0.3, -0.25) is 9.59 Å². The van der Waals surface area contributed by atoms with Gasteiger partial charge in [0.25, 0.3) is 0 Å². The van der Waals surface area contributed by atoms with Gasteiger partial charge in [0.15, 0.2) is 0 Å². The summed E-state index contributed by atoms with van der Waals surface area (Å²) in [7, 11) is 0. The third kappa shape index (κ3) is 7.33. The van der Waals surface area contributed by atoms with Crippen LogP contribution in [-0.2, 0) is 21.9 Å². The minimum Gasteiger partial charge on any atom is -0.354 e. The molecule has 1 atom stereocenters. The van der Waals surface area contributed by atoms with Gasteiger partial charge in [0, 0.05) is 29.4 Å². The van der Waals surface area contributed by atoms with Gasteiger partial charge in [0.1, 0.15) is 11.9 Å². The van der Waals surface area contributed by atoms with Crippen LogP contribution in [0.25, 0.3) is 0 Å². The molecule has 7 heteroatoms. The molecule has 0 radical (unpaired) electrons. The predicted octanol–water partition coefficient (Wildman–Crippen LogP) is 4.90. The van der Waals surface area contributed by atoms with Gasteiger partial charge in [-0.2, -0.15) is 0 Å². The normalized spacial score (nSPS) is 11.9. The van der Waals surface area contributed by atoms with Crippen molar-refractivity contribution in [2.24, 2.45) is 5.92 Å². The van der Waals surface area contributed by atoms with Crippen molar-refractivity contribution in [1.82, 2.24) is 10.2 Å². The summed E-state index contributed by atoms with van der Waals surface area (Å²) >= 11 is 7.59. The Morgan fingerprint density at radius 2 is 1.70 bits per heavy atom. The van der Waals surface area contributed by atoms with E-state index in [1.807, 2.05) is 38.1 Å². The fourth-order valence-corrected chi connectivity index (χ4v) is 3.99. The SMILES string of the molecule is CC(C)CNC(=O)[C@@H](C)N(Cc1ccccc1F)C(=O)CSCc1ccccc1Cl. The first-order valence-electron chi connectivity index (χ1n) is 9.91. The first kappa shape index (κ1) is 24.2. The zero-order valence-electron chi connectivity index (χ0n) is 17.5. The summed E-state index contributed by atoms with van der Waals surface area (Å²) in [6.07, 6.45) is 0. The van der Waals surface area contributed by atoms with Crippen LogP contribution in [0.5, 0.6) is 0 Å². The lowest BCUT2D eigenvalue weighted by Gasteiger charge is -2.29. The average Bonchev–Trinajstić information content (AvgIpc) is 2.72. The highest BCUT2D eigenvalue weighted by Gasteiger charge is 2.26. The fraction of sp³-hybridized carbons (Fsp3) is 0.391. The number of hydrogen-bond acceptors (Lipinski definition) is 3. The molecule has 0 saturated heterocycles. The second-order valence-electron chi connectivity index (χ2n) is 7.51. The maximum atomic E-state index is 14.2. The predicted molar refractivity (Wildman–Crippen MR) is 122 cm³/mol. The lowest BCUT2D eigenvalue weighted by molar-refractivity contribution is -0.138. The molecule has 2 rings (SSSR count). The van der Waals surface area contributed by atoms with Crippen LogP contribution in [0.3, 0.4) is 0 Å². The summed E-state index contributed by atoms with van der Waals surface area (Å²) in [5, 5.41) is 3.51. The number of hydrogen-bond donors (Lipinski definition) is 1. The van der Waals surface area contributed by atoms with Crippen LogP contribution in [0.1, 0.15) is 31.9 Å². The summed E-state index contributed by atoms with van der Waals surface area (Å²) in [4.78, 5) is 27.0. The molecule has 0 spiro atoms. The molecule has 2 aromatic carbocycles. The molecule has 0 unspecified atom stereocenters. The summed E-state index contributed by atoms with van der Waals surface area (Å²) < 4.78 is 14.2. The zero-order valence-corrected chi connectivity index (χ0v) is 19.1. The van der Waals surface area contributed by atoms with Crippen LogP contribution in [0.15, 0.2) is 48.5 Å². The Morgan fingerprint density at radius 1 is 1.07 bits per heavy atom. The number of nitrogens with one attached hydrogen (secondary N) is 1. The highest BCUT2D eigenvalue weighted by molar-refractivity contribution is 7.99. The van der Waals surface area contributed by atoms with Crippen molar-refractivity contribution in [1.29, 1.82) is 0 Å². The molecule has 0 aliphatic heterocycles. The standard InChI is InChI=1S/C23H28ClFN2O2S/c1-16(2)12-26-23(29)17(3)27(13-18-8-5-7-11-21(18)25)22(28)15-30-14-19-9-4-6-10-20(19)24/h4-11,16-17H,12-15H2,1-3H3,(H,26,29)/t17-/m1/s1. The molecule has 0 saturated carbocycles.